The van der Waals surface area contributed by atoms with Crippen LogP contribution in [-0.4, -0.2) is 6.61 Å². The van der Waals surface area contributed by atoms with E-state index in [1.165, 1.54) is 0 Å². The molecule has 0 spiro atoms. The minimum Gasteiger partial charge on any atom is -0.494 e. The van der Waals surface area contributed by atoms with Crippen molar-refractivity contribution >= 4 is 0 Å². The van der Waals surface area contributed by atoms with Crippen LogP contribution in [-0.2, 0) is 0 Å². The normalized spacial score (nSPS) is 11.9. The number of benzene rings is 2. The van der Waals surface area contributed by atoms with E-state index in [4.69, 9.17) is 15.2 Å². The maximum atomic E-state index is 5.95. The summed E-state index contributed by atoms with van der Waals surface area (Å²) < 4.78 is 11.4. The quantitative estimate of drug-likeness (QED) is 0.852. The summed E-state index contributed by atoms with van der Waals surface area (Å²) in [6.07, 6.45) is 1.00. The van der Waals surface area contributed by atoms with E-state index >= 15 is 0 Å². The van der Waals surface area contributed by atoms with Crippen molar-refractivity contribution in [2.45, 2.75) is 26.3 Å². The van der Waals surface area contributed by atoms with Gasteiger partial charge in [-0.3, -0.25) is 0 Å². The van der Waals surface area contributed by atoms with Crippen molar-refractivity contribution in [2.24, 2.45) is 5.73 Å². The summed E-state index contributed by atoms with van der Waals surface area (Å²) in [6.45, 7) is 4.76. The predicted molar refractivity (Wildman–Crippen MR) is 81.3 cm³/mol. The van der Waals surface area contributed by atoms with Crippen LogP contribution < -0.4 is 15.2 Å². The fraction of sp³-hybridized carbons (Fsp3) is 0.294. The molecule has 0 saturated heterocycles. The van der Waals surface area contributed by atoms with Crippen LogP contribution in [0, 0.1) is 0 Å². The molecule has 0 unspecified atom stereocenters. The molecule has 2 aromatic rings. The second-order valence-electron chi connectivity index (χ2n) is 4.75. The average Bonchev–Trinajstić information content (AvgIpc) is 2.47. The van der Waals surface area contributed by atoms with Gasteiger partial charge < -0.3 is 15.2 Å². The highest BCUT2D eigenvalue weighted by Gasteiger charge is 2.08. The summed E-state index contributed by atoms with van der Waals surface area (Å²) in [6, 6.07) is 15.4. The summed E-state index contributed by atoms with van der Waals surface area (Å²) in [4.78, 5) is 0. The number of hydrogen-bond acceptors (Lipinski definition) is 3. The van der Waals surface area contributed by atoms with Gasteiger partial charge in [-0.2, -0.15) is 0 Å². The van der Waals surface area contributed by atoms with Gasteiger partial charge in [-0.15, -0.1) is 0 Å². The highest BCUT2D eigenvalue weighted by molar-refractivity contribution is 5.40. The van der Waals surface area contributed by atoms with E-state index < -0.39 is 0 Å². The molecule has 2 rings (SSSR count). The summed E-state index contributed by atoms with van der Waals surface area (Å²) in [5.74, 6) is 2.44. The van der Waals surface area contributed by atoms with Crippen LogP contribution in [0.1, 0.15) is 31.9 Å². The first kappa shape index (κ1) is 14.4. The number of para-hydroxylation sites is 1. The molecule has 0 amide bonds. The molecule has 0 radical (unpaired) electrons. The largest absolute Gasteiger partial charge is 0.494 e. The Labute approximate surface area is 120 Å². The van der Waals surface area contributed by atoms with Crippen LogP contribution in [0.2, 0.25) is 0 Å². The molecular weight excluding hydrogens is 250 g/mol. The van der Waals surface area contributed by atoms with E-state index in [-0.39, 0.29) is 6.04 Å². The van der Waals surface area contributed by atoms with Gasteiger partial charge in [0.05, 0.1) is 6.61 Å². The fourth-order valence-electron chi connectivity index (χ4n) is 1.90. The molecule has 0 aliphatic carbocycles. The van der Waals surface area contributed by atoms with Gasteiger partial charge in [0.25, 0.3) is 0 Å². The van der Waals surface area contributed by atoms with Crippen LogP contribution in [0.3, 0.4) is 0 Å². The monoisotopic (exact) mass is 271 g/mol. The van der Waals surface area contributed by atoms with Crippen molar-refractivity contribution in [1.82, 2.24) is 0 Å². The molecule has 106 valence electrons. The van der Waals surface area contributed by atoms with Crippen molar-refractivity contribution in [1.29, 1.82) is 0 Å². The number of hydrogen-bond donors (Lipinski definition) is 1. The molecule has 0 saturated carbocycles. The average molecular weight is 271 g/mol. The molecule has 0 aliphatic rings. The third-order valence-electron chi connectivity index (χ3n) is 2.93. The molecule has 1 atom stereocenters. The standard InChI is InChI=1S/C17H21NO2/c1-3-12-19-14-8-10-15(11-9-14)20-17-7-5-4-6-16(17)13(2)18/h4-11,13H,3,12,18H2,1-2H3/t13-/m0/s1. The van der Waals surface area contributed by atoms with E-state index in [1.54, 1.807) is 0 Å². The molecule has 2 aromatic carbocycles. The highest BCUT2D eigenvalue weighted by Crippen LogP contribution is 2.29. The van der Waals surface area contributed by atoms with Crippen molar-refractivity contribution in [3.63, 3.8) is 0 Å². The Hall–Kier alpha value is -2.00. The molecule has 0 aliphatic heterocycles. The van der Waals surface area contributed by atoms with Gasteiger partial charge in [0, 0.05) is 11.6 Å². The first-order valence-electron chi connectivity index (χ1n) is 6.96. The number of rotatable bonds is 6. The van der Waals surface area contributed by atoms with Crippen LogP contribution in [0.15, 0.2) is 48.5 Å². The van der Waals surface area contributed by atoms with E-state index in [2.05, 4.69) is 6.92 Å². The second-order valence-corrected chi connectivity index (χ2v) is 4.75. The zero-order valence-corrected chi connectivity index (χ0v) is 12.0. The van der Waals surface area contributed by atoms with Gasteiger partial charge in [-0.05, 0) is 43.7 Å². The Morgan fingerprint density at radius 2 is 1.65 bits per heavy atom. The zero-order valence-electron chi connectivity index (χ0n) is 12.0. The Bertz CT molecular complexity index is 535. The molecule has 0 fully saturated rings. The number of nitrogens with two attached hydrogens (primary N) is 1. The Kier molecular flexibility index (Phi) is 5.02. The minimum absolute atomic E-state index is 0.0571. The van der Waals surface area contributed by atoms with E-state index in [0.29, 0.717) is 0 Å². The van der Waals surface area contributed by atoms with Gasteiger partial charge >= 0.3 is 0 Å². The summed E-state index contributed by atoms with van der Waals surface area (Å²) in [5, 5.41) is 0. The Morgan fingerprint density at radius 1 is 1.00 bits per heavy atom. The third kappa shape index (κ3) is 3.75. The van der Waals surface area contributed by atoms with E-state index in [0.717, 1.165) is 35.8 Å². The van der Waals surface area contributed by atoms with E-state index in [1.807, 2.05) is 55.5 Å². The van der Waals surface area contributed by atoms with Gasteiger partial charge in [-0.25, -0.2) is 0 Å². The topological polar surface area (TPSA) is 44.5 Å². The van der Waals surface area contributed by atoms with Gasteiger partial charge in [-0.1, -0.05) is 25.1 Å². The van der Waals surface area contributed by atoms with Crippen molar-refractivity contribution in [3.05, 3.63) is 54.1 Å². The molecule has 3 heteroatoms. The van der Waals surface area contributed by atoms with Gasteiger partial charge in [0.2, 0.25) is 0 Å². The SMILES string of the molecule is CCCOc1ccc(Oc2ccccc2[C@H](C)N)cc1. The van der Waals surface area contributed by atoms with Crippen molar-refractivity contribution in [2.75, 3.05) is 6.61 Å². The summed E-state index contributed by atoms with van der Waals surface area (Å²) in [7, 11) is 0. The number of ether oxygens (including phenoxy) is 2. The minimum atomic E-state index is -0.0571. The lowest BCUT2D eigenvalue weighted by Crippen LogP contribution is -2.06. The lowest BCUT2D eigenvalue weighted by atomic mass is 10.1. The van der Waals surface area contributed by atoms with Crippen LogP contribution in [0.5, 0.6) is 17.2 Å². The first-order valence-corrected chi connectivity index (χ1v) is 6.96. The molecule has 0 bridgehead atoms. The smallest absolute Gasteiger partial charge is 0.132 e. The maximum Gasteiger partial charge on any atom is 0.132 e. The molecule has 2 N–H and O–H groups in total. The lowest BCUT2D eigenvalue weighted by molar-refractivity contribution is 0.317. The third-order valence-corrected chi connectivity index (χ3v) is 2.93. The van der Waals surface area contributed by atoms with Crippen LogP contribution >= 0.6 is 0 Å². The van der Waals surface area contributed by atoms with Crippen LogP contribution in [0.4, 0.5) is 0 Å². The fourth-order valence-corrected chi connectivity index (χ4v) is 1.90. The first-order chi connectivity index (χ1) is 9.70. The predicted octanol–water partition coefficient (Wildman–Crippen LogP) is 4.29. The highest BCUT2D eigenvalue weighted by atomic mass is 16.5. The van der Waals surface area contributed by atoms with Gasteiger partial charge in [0.15, 0.2) is 0 Å². The molecular formula is C17H21NO2. The molecule has 0 heterocycles. The molecule has 20 heavy (non-hydrogen) atoms. The molecule has 0 aromatic heterocycles. The lowest BCUT2D eigenvalue weighted by Gasteiger charge is -2.13. The second kappa shape index (κ2) is 6.96. The maximum absolute atomic E-state index is 5.95. The van der Waals surface area contributed by atoms with Crippen molar-refractivity contribution in [3.8, 4) is 17.2 Å². The Morgan fingerprint density at radius 3 is 2.30 bits per heavy atom. The summed E-state index contributed by atoms with van der Waals surface area (Å²) in [5.41, 5.74) is 6.95. The van der Waals surface area contributed by atoms with Crippen molar-refractivity contribution < 1.29 is 9.47 Å². The van der Waals surface area contributed by atoms with E-state index in [9.17, 15) is 0 Å². The van der Waals surface area contributed by atoms with Crippen LogP contribution in [0.25, 0.3) is 0 Å². The zero-order chi connectivity index (χ0) is 14.4. The Balaban J connectivity index is 2.10. The van der Waals surface area contributed by atoms with Gasteiger partial charge in [0.1, 0.15) is 17.2 Å². The summed E-state index contributed by atoms with van der Waals surface area (Å²) >= 11 is 0. The molecule has 3 nitrogen and oxygen atoms in total.